The van der Waals surface area contributed by atoms with Gasteiger partial charge in [-0.1, -0.05) is 18.2 Å². The molecule has 6 heteroatoms. The summed E-state index contributed by atoms with van der Waals surface area (Å²) in [5.74, 6) is -1.02. The zero-order valence-electron chi connectivity index (χ0n) is 14.0. The molecule has 1 heterocycles. The van der Waals surface area contributed by atoms with Gasteiger partial charge in [0.15, 0.2) is 5.78 Å². The fourth-order valence-electron chi connectivity index (χ4n) is 3.75. The lowest BCUT2D eigenvalue weighted by atomic mass is 9.71. The Morgan fingerprint density at radius 2 is 1.88 bits per heavy atom. The minimum absolute atomic E-state index is 0.0827. The summed E-state index contributed by atoms with van der Waals surface area (Å²) in [5, 5.41) is 0. The molecule has 0 bridgehead atoms. The van der Waals surface area contributed by atoms with Crippen molar-refractivity contribution in [3.63, 3.8) is 0 Å². The first-order valence-electron chi connectivity index (χ1n) is 8.35. The lowest BCUT2D eigenvalue weighted by Crippen LogP contribution is -2.43. The van der Waals surface area contributed by atoms with Crippen molar-refractivity contribution in [1.29, 1.82) is 0 Å². The molecule has 1 unspecified atom stereocenters. The van der Waals surface area contributed by atoms with Gasteiger partial charge in [-0.25, -0.2) is 0 Å². The van der Waals surface area contributed by atoms with E-state index in [1.54, 1.807) is 24.3 Å². The van der Waals surface area contributed by atoms with Crippen LogP contribution in [0.1, 0.15) is 49.5 Å². The zero-order chi connectivity index (χ0) is 18.5. The second kappa shape index (κ2) is 5.62. The molecule has 4 N–H and O–H groups in total. The van der Waals surface area contributed by atoms with Gasteiger partial charge in [-0.15, -0.1) is 0 Å². The summed E-state index contributed by atoms with van der Waals surface area (Å²) in [6.45, 7) is 0. The summed E-state index contributed by atoms with van der Waals surface area (Å²) in [4.78, 5) is 40.2. The van der Waals surface area contributed by atoms with E-state index in [9.17, 15) is 14.4 Å². The third kappa shape index (κ3) is 2.34. The lowest BCUT2D eigenvalue weighted by Gasteiger charge is -2.32. The maximum absolute atomic E-state index is 12.5. The smallest absolute Gasteiger partial charge is 0.250 e. The average Bonchev–Trinajstić information content (AvgIpc) is 3.01. The number of carbonyl (C=O) groups excluding carboxylic acids is 3. The van der Waals surface area contributed by atoms with Gasteiger partial charge >= 0.3 is 0 Å². The first-order valence-corrected chi connectivity index (χ1v) is 8.35. The molecule has 0 spiro atoms. The number of nitrogens with two attached hydrogens (primary N) is 2. The molecular formula is C20H17N3O3. The molecule has 0 aliphatic heterocycles. The van der Waals surface area contributed by atoms with Crippen LogP contribution in [0.5, 0.6) is 0 Å². The summed E-state index contributed by atoms with van der Waals surface area (Å²) >= 11 is 0. The van der Waals surface area contributed by atoms with Gasteiger partial charge in [0.25, 0.3) is 0 Å². The quantitative estimate of drug-likeness (QED) is 0.870. The van der Waals surface area contributed by atoms with Gasteiger partial charge < -0.3 is 11.5 Å². The number of nitrogens with zero attached hydrogens (tertiary/aromatic N) is 1. The molecule has 1 atom stereocenters. The zero-order valence-corrected chi connectivity index (χ0v) is 14.0. The number of pyridine rings is 1. The molecule has 4 rings (SSSR count). The van der Waals surface area contributed by atoms with Gasteiger partial charge in [0.2, 0.25) is 11.8 Å². The van der Waals surface area contributed by atoms with Crippen molar-refractivity contribution in [3.05, 3.63) is 70.0 Å². The number of primary amides is 2. The predicted octanol–water partition coefficient (Wildman–Crippen LogP) is 1.30. The Morgan fingerprint density at radius 1 is 1.08 bits per heavy atom. The first-order chi connectivity index (χ1) is 12.4. The van der Waals surface area contributed by atoms with Gasteiger partial charge in [0.05, 0.1) is 16.7 Å². The van der Waals surface area contributed by atoms with E-state index in [0.717, 1.165) is 17.5 Å². The average molecular weight is 347 g/mol. The number of Topliss-reactive ketones (excluding diaryl/α,β-unsaturated/α-hetero) is 1. The molecule has 0 saturated heterocycles. The number of fused-ring (bicyclic) bond motifs is 2. The van der Waals surface area contributed by atoms with E-state index < -0.39 is 17.2 Å². The fraction of sp³-hybridized carbons (Fsp3) is 0.200. The molecule has 6 nitrogen and oxygen atoms in total. The van der Waals surface area contributed by atoms with Crippen LogP contribution in [-0.2, 0) is 23.1 Å². The second-order valence-electron chi connectivity index (χ2n) is 6.77. The Morgan fingerprint density at radius 3 is 2.62 bits per heavy atom. The van der Waals surface area contributed by atoms with E-state index in [1.165, 1.54) is 6.20 Å². The lowest BCUT2D eigenvalue weighted by molar-refractivity contribution is -0.121. The van der Waals surface area contributed by atoms with Crippen molar-refractivity contribution >= 4 is 23.7 Å². The number of carbonyl (C=O) groups is 3. The molecule has 26 heavy (non-hydrogen) atoms. The Labute approximate surface area is 149 Å². The summed E-state index contributed by atoms with van der Waals surface area (Å²) < 4.78 is 0. The third-order valence-corrected chi connectivity index (χ3v) is 5.27. The van der Waals surface area contributed by atoms with Crippen LogP contribution in [0.25, 0.3) is 6.08 Å². The molecule has 2 aromatic rings. The van der Waals surface area contributed by atoms with Gasteiger partial charge in [-0.3, -0.25) is 19.4 Å². The number of hydrogen-bond acceptors (Lipinski definition) is 4. The third-order valence-electron chi connectivity index (χ3n) is 5.27. The van der Waals surface area contributed by atoms with Crippen molar-refractivity contribution < 1.29 is 14.4 Å². The summed E-state index contributed by atoms with van der Waals surface area (Å²) in [7, 11) is 0. The number of ketones is 1. The highest BCUT2D eigenvalue weighted by atomic mass is 16.1. The molecule has 0 saturated carbocycles. The Kier molecular flexibility index (Phi) is 3.50. The van der Waals surface area contributed by atoms with Crippen molar-refractivity contribution in [2.45, 2.75) is 24.7 Å². The van der Waals surface area contributed by atoms with Crippen LogP contribution in [0, 0.1) is 0 Å². The van der Waals surface area contributed by atoms with Gasteiger partial charge in [0.1, 0.15) is 0 Å². The van der Waals surface area contributed by atoms with E-state index in [4.69, 9.17) is 11.5 Å². The van der Waals surface area contributed by atoms with Gasteiger partial charge in [-0.05, 0) is 47.7 Å². The molecule has 1 aromatic carbocycles. The Balaban J connectivity index is 1.84. The van der Waals surface area contributed by atoms with Crippen LogP contribution < -0.4 is 11.5 Å². The molecule has 130 valence electrons. The highest BCUT2D eigenvalue weighted by Gasteiger charge is 2.40. The van der Waals surface area contributed by atoms with Crippen LogP contribution in [0.15, 0.2) is 36.5 Å². The number of amides is 2. The molecule has 0 radical (unpaired) electrons. The highest BCUT2D eigenvalue weighted by molar-refractivity contribution is 6.01. The van der Waals surface area contributed by atoms with Crippen molar-refractivity contribution in [3.8, 4) is 0 Å². The topological polar surface area (TPSA) is 116 Å². The Hall–Kier alpha value is -3.28. The number of aromatic nitrogens is 1. The molecule has 2 aliphatic rings. The number of benzene rings is 1. The van der Waals surface area contributed by atoms with Crippen molar-refractivity contribution in [1.82, 2.24) is 4.98 Å². The van der Waals surface area contributed by atoms with Crippen LogP contribution in [0.4, 0.5) is 0 Å². The first kappa shape index (κ1) is 16.2. The van der Waals surface area contributed by atoms with E-state index >= 15 is 0 Å². The molecule has 2 aliphatic carbocycles. The standard InChI is InChI=1S/C20H17N3O3/c21-18(25)13-7-12-9-20(19(22)26,6-5-16(12)23-10-13)14-3-1-11-2-4-17(24)15(11)8-14/h1,3,5-8,10H,2,4,9H2,(H2,21,25)(H2,22,26). The van der Waals surface area contributed by atoms with Gasteiger partial charge in [-0.2, -0.15) is 0 Å². The normalized spacial score (nSPS) is 20.5. The SMILES string of the molecule is NC(=O)c1cnc2c(c1)CC(C(N)=O)(c1ccc3c(c1)C(=O)CC3)C=C2. The molecule has 2 amide bonds. The predicted molar refractivity (Wildman–Crippen MR) is 95.5 cm³/mol. The molecule has 1 aromatic heterocycles. The van der Waals surface area contributed by atoms with E-state index in [-0.39, 0.29) is 17.8 Å². The van der Waals surface area contributed by atoms with Crippen LogP contribution >= 0.6 is 0 Å². The van der Waals surface area contributed by atoms with Crippen molar-refractivity contribution in [2.24, 2.45) is 11.5 Å². The maximum atomic E-state index is 12.5. The Bertz CT molecular complexity index is 1010. The number of aryl methyl sites for hydroxylation is 1. The largest absolute Gasteiger partial charge is 0.369 e. The fourth-order valence-corrected chi connectivity index (χ4v) is 3.75. The van der Waals surface area contributed by atoms with Crippen molar-refractivity contribution in [2.75, 3.05) is 0 Å². The number of rotatable bonds is 3. The molecular weight excluding hydrogens is 330 g/mol. The van der Waals surface area contributed by atoms with Crippen LogP contribution in [0.3, 0.4) is 0 Å². The van der Waals surface area contributed by atoms with Gasteiger partial charge in [0, 0.05) is 18.2 Å². The van der Waals surface area contributed by atoms with Crippen LogP contribution in [-0.4, -0.2) is 22.6 Å². The second-order valence-corrected chi connectivity index (χ2v) is 6.77. The monoisotopic (exact) mass is 347 g/mol. The van der Waals surface area contributed by atoms with E-state index in [1.807, 2.05) is 12.1 Å². The van der Waals surface area contributed by atoms with Crippen LogP contribution in [0.2, 0.25) is 0 Å². The summed E-state index contributed by atoms with van der Waals surface area (Å²) in [6, 6.07) is 7.16. The summed E-state index contributed by atoms with van der Waals surface area (Å²) in [5.41, 5.74) is 14.0. The highest BCUT2D eigenvalue weighted by Crippen LogP contribution is 2.37. The minimum atomic E-state index is -1.09. The number of hydrogen-bond donors (Lipinski definition) is 2. The summed E-state index contributed by atoms with van der Waals surface area (Å²) in [6.07, 6.45) is 6.35. The molecule has 0 fully saturated rings. The van der Waals surface area contributed by atoms with E-state index in [0.29, 0.717) is 23.2 Å². The minimum Gasteiger partial charge on any atom is -0.369 e. The van der Waals surface area contributed by atoms with E-state index in [2.05, 4.69) is 4.98 Å². The maximum Gasteiger partial charge on any atom is 0.250 e.